The first-order chi connectivity index (χ1) is 27.8. The van der Waals surface area contributed by atoms with E-state index in [1.54, 1.807) is 0 Å². The number of nitrogens with zero attached hydrogens (tertiary/aromatic N) is 1. The summed E-state index contributed by atoms with van der Waals surface area (Å²) in [7, 11) is 0. The Morgan fingerprint density at radius 3 is 1.16 bits per heavy atom. The van der Waals surface area contributed by atoms with Gasteiger partial charge in [-0.25, -0.2) is 0 Å². The van der Waals surface area contributed by atoms with Crippen LogP contribution in [0.25, 0.3) is 75.8 Å². The van der Waals surface area contributed by atoms with Crippen molar-refractivity contribution >= 4 is 48.6 Å². The van der Waals surface area contributed by atoms with Crippen molar-refractivity contribution in [2.75, 3.05) is 4.90 Å². The third kappa shape index (κ3) is 6.36. The fourth-order valence-corrected chi connectivity index (χ4v) is 9.13. The second-order valence-electron chi connectivity index (χ2n) is 14.1. The van der Waals surface area contributed by atoms with Gasteiger partial charge in [0.15, 0.2) is 0 Å². The second kappa shape index (κ2) is 14.7. The predicted molar refractivity (Wildman–Crippen MR) is 241 cm³/mol. The number of benzene rings is 9. The van der Waals surface area contributed by atoms with E-state index in [1.807, 2.05) is 11.3 Å². The van der Waals surface area contributed by atoms with Gasteiger partial charge in [-0.15, -0.1) is 11.3 Å². The number of fused-ring (bicyclic) bond motifs is 3. The van der Waals surface area contributed by atoms with Gasteiger partial charge in [0.25, 0.3) is 0 Å². The van der Waals surface area contributed by atoms with E-state index in [9.17, 15) is 0 Å². The number of rotatable bonds is 8. The molecule has 0 saturated heterocycles. The van der Waals surface area contributed by atoms with Gasteiger partial charge >= 0.3 is 0 Å². The molecule has 0 amide bonds. The molecule has 0 radical (unpaired) electrons. The maximum atomic E-state index is 2.36. The fraction of sp³-hybridized carbons (Fsp3) is 0. The summed E-state index contributed by atoms with van der Waals surface area (Å²) >= 11 is 1.87. The van der Waals surface area contributed by atoms with Gasteiger partial charge in [0, 0.05) is 37.2 Å². The van der Waals surface area contributed by atoms with Gasteiger partial charge in [-0.3, -0.25) is 0 Å². The highest BCUT2D eigenvalue weighted by Gasteiger charge is 2.16. The highest BCUT2D eigenvalue weighted by atomic mass is 32.1. The largest absolute Gasteiger partial charge is 0.311 e. The van der Waals surface area contributed by atoms with Crippen molar-refractivity contribution < 1.29 is 0 Å². The maximum Gasteiger partial charge on any atom is 0.0462 e. The molecule has 0 fully saturated rings. The Hall–Kier alpha value is -7.00. The lowest BCUT2D eigenvalue weighted by atomic mass is 9.94. The van der Waals surface area contributed by atoms with Gasteiger partial charge in [0.2, 0.25) is 0 Å². The van der Waals surface area contributed by atoms with Gasteiger partial charge in [-0.2, -0.15) is 0 Å². The molecule has 0 unspecified atom stereocenters. The molecule has 10 aromatic rings. The van der Waals surface area contributed by atoms with Crippen molar-refractivity contribution in [2.45, 2.75) is 0 Å². The lowest BCUT2D eigenvalue weighted by Gasteiger charge is -2.26. The molecule has 0 spiro atoms. The Kier molecular flexibility index (Phi) is 8.79. The first kappa shape index (κ1) is 33.6. The normalized spacial score (nSPS) is 11.2. The zero-order chi connectivity index (χ0) is 37.3. The minimum Gasteiger partial charge on any atom is -0.311 e. The number of thiophene rings is 1. The monoisotopic (exact) mass is 731 g/mol. The summed E-state index contributed by atoms with van der Waals surface area (Å²) < 4.78 is 2.65. The SMILES string of the molecule is c1ccc(-c2ccc(-c3ccc(N(c4ccc(-c5ccccc5-c5ccccc5)cc4)c4ccc(-c5cccc6c5sc5ccccc56)cc4)cc3)cc2)cc1. The predicted octanol–water partition coefficient (Wildman–Crippen LogP) is 15.9. The summed E-state index contributed by atoms with van der Waals surface area (Å²) in [5, 5.41) is 2.64. The molecule has 0 N–H and O–H groups in total. The number of anilines is 3. The van der Waals surface area contributed by atoms with Crippen molar-refractivity contribution in [1.82, 2.24) is 0 Å². The second-order valence-corrected chi connectivity index (χ2v) is 15.2. The molecule has 0 aliphatic rings. The van der Waals surface area contributed by atoms with Crippen LogP contribution in [0.15, 0.2) is 224 Å². The van der Waals surface area contributed by atoms with E-state index in [2.05, 4.69) is 229 Å². The van der Waals surface area contributed by atoms with Crippen molar-refractivity contribution in [3.63, 3.8) is 0 Å². The minimum absolute atomic E-state index is 1.10. The molecule has 1 nitrogen and oxygen atoms in total. The maximum absolute atomic E-state index is 2.36. The van der Waals surface area contributed by atoms with Gasteiger partial charge < -0.3 is 4.90 Å². The van der Waals surface area contributed by atoms with Crippen LogP contribution in [0.1, 0.15) is 0 Å². The van der Waals surface area contributed by atoms with E-state index in [4.69, 9.17) is 0 Å². The van der Waals surface area contributed by atoms with Crippen molar-refractivity contribution in [3.05, 3.63) is 224 Å². The van der Waals surface area contributed by atoms with E-state index in [0.29, 0.717) is 0 Å². The van der Waals surface area contributed by atoms with E-state index in [1.165, 1.54) is 75.8 Å². The number of hydrogen-bond acceptors (Lipinski definition) is 2. The van der Waals surface area contributed by atoms with Crippen LogP contribution in [-0.2, 0) is 0 Å². The highest BCUT2D eigenvalue weighted by Crippen LogP contribution is 2.42. The average molecular weight is 732 g/mol. The van der Waals surface area contributed by atoms with Crippen molar-refractivity contribution in [3.8, 4) is 55.6 Å². The lowest BCUT2D eigenvalue weighted by molar-refractivity contribution is 1.28. The minimum atomic E-state index is 1.10. The molecule has 264 valence electrons. The molecule has 2 heteroatoms. The third-order valence-corrected chi connectivity index (χ3v) is 12.0. The average Bonchev–Trinajstić information content (AvgIpc) is 3.67. The molecular formula is C54H37NS. The molecule has 0 aliphatic heterocycles. The van der Waals surface area contributed by atoms with Crippen LogP contribution in [0.3, 0.4) is 0 Å². The van der Waals surface area contributed by atoms with Gasteiger partial charge in [0.05, 0.1) is 0 Å². The summed E-state index contributed by atoms with van der Waals surface area (Å²) in [6, 6.07) is 81.1. The van der Waals surface area contributed by atoms with E-state index in [0.717, 1.165) is 17.1 Å². The molecule has 0 aliphatic carbocycles. The molecule has 1 heterocycles. The summed E-state index contributed by atoms with van der Waals surface area (Å²) in [5.41, 5.74) is 15.5. The first-order valence-electron chi connectivity index (χ1n) is 19.1. The molecule has 10 rings (SSSR count). The molecule has 1 aromatic heterocycles. The van der Waals surface area contributed by atoms with Crippen LogP contribution in [-0.4, -0.2) is 0 Å². The molecular weight excluding hydrogens is 695 g/mol. The zero-order valence-electron chi connectivity index (χ0n) is 30.7. The Balaban J connectivity index is 1.02. The van der Waals surface area contributed by atoms with E-state index < -0.39 is 0 Å². The van der Waals surface area contributed by atoms with Crippen molar-refractivity contribution in [2.24, 2.45) is 0 Å². The smallest absolute Gasteiger partial charge is 0.0462 e. The topological polar surface area (TPSA) is 3.24 Å². The molecule has 0 bridgehead atoms. The van der Waals surface area contributed by atoms with Gasteiger partial charge in [-0.05, 0) is 98.1 Å². The Morgan fingerprint density at radius 2 is 0.607 bits per heavy atom. The van der Waals surface area contributed by atoms with Gasteiger partial charge in [0.1, 0.15) is 0 Å². The zero-order valence-corrected chi connectivity index (χ0v) is 31.5. The van der Waals surface area contributed by atoms with Crippen LogP contribution in [0.5, 0.6) is 0 Å². The Labute approximate surface area is 332 Å². The van der Waals surface area contributed by atoms with Crippen LogP contribution >= 0.6 is 11.3 Å². The number of hydrogen-bond donors (Lipinski definition) is 0. The molecule has 56 heavy (non-hydrogen) atoms. The fourth-order valence-electron chi connectivity index (χ4n) is 7.89. The summed E-state index contributed by atoms with van der Waals surface area (Å²) in [6.07, 6.45) is 0. The van der Waals surface area contributed by atoms with Crippen LogP contribution < -0.4 is 4.90 Å². The highest BCUT2D eigenvalue weighted by molar-refractivity contribution is 7.26. The molecule has 0 atom stereocenters. The Morgan fingerprint density at radius 1 is 0.250 bits per heavy atom. The molecule has 9 aromatic carbocycles. The lowest BCUT2D eigenvalue weighted by Crippen LogP contribution is -2.09. The first-order valence-corrected chi connectivity index (χ1v) is 19.9. The summed E-state index contributed by atoms with van der Waals surface area (Å²) in [5.74, 6) is 0. The van der Waals surface area contributed by atoms with E-state index in [-0.39, 0.29) is 0 Å². The standard InChI is InChI=1S/C54H37NS/c1-3-12-38(13-4-1)39-22-24-40(25-23-39)41-26-32-45(33-27-41)55(46-34-28-43(29-35-46)49-17-8-7-16-48(49)42-14-5-2-6-15-42)47-36-30-44(31-37-47)50-19-11-20-52-51-18-9-10-21-53(51)56-54(50)52/h1-37H. The Bertz CT molecular complexity index is 2910. The third-order valence-electron chi connectivity index (χ3n) is 10.7. The van der Waals surface area contributed by atoms with Crippen LogP contribution in [0.2, 0.25) is 0 Å². The van der Waals surface area contributed by atoms with Crippen molar-refractivity contribution in [1.29, 1.82) is 0 Å². The van der Waals surface area contributed by atoms with E-state index >= 15 is 0 Å². The van der Waals surface area contributed by atoms with Crippen LogP contribution in [0, 0.1) is 0 Å². The molecule has 0 saturated carbocycles. The summed E-state index contributed by atoms with van der Waals surface area (Å²) in [4.78, 5) is 2.36. The summed E-state index contributed by atoms with van der Waals surface area (Å²) in [6.45, 7) is 0. The van der Waals surface area contributed by atoms with Gasteiger partial charge in [-0.1, -0.05) is 182 Å². The quantitative estimate of drug-likeness (QED) is 0.150. The van der Waals surface area contributed by atoms with Crippen LogP contribution in [0.4, 0.5) is 17.1 Å².